The summed E-state index contributed by atoms with van der Waals surface area (Å²) in [6, 6.07) is 85.2. The average Bonchev–Trinajstić information content (AvgIpc) is 3.95. The number of hydrogen-bond acceptors (Lipinski definition) is 4. The molecule has 2 aromatic heterocycles. The third-order valence-corrected chi connectivity index (χ3v) is 15.8. The molecule has 12 aromatic carbocycles. The van der Waals surface area contributed by atoms with Crippen LogP contribution in [0.2, 0.25) is 0 Å². The Bertz CT molecular complexity index is 3820. The molecule has 0 spiro atoms. The Morgan fingerprint density at radius 2 is 0.530 bits per heavy atom. The molecule has 0 saturated heterocycles. The molecule has 2 nitrogen and oxygen atoms in total. The summed E-state index contributed by atoms with van der Waals surface area (Å²) in [6.07, 6.45) is 0. The molecule has 0 saturated carbocycles. The third-order valence-electron chi connectivity index (χ3n) is 13.6. The van der Waals surface area contributed by atoms with E-state index in [0.717, 1.165) is 11.4 Å². The smallest absolute Gasteiger partial charge is 0.0540 e. The summed E-state index contributed by atoms with van der Waals surface area (Å²) >= 11 is 3.78. The second-order valence-corrected chi connectivity index (χ2v) is 19.4. The van der Waals surface area contributed by atoms with Crippen LogP contribution in [0.15, 0.2) is 231 Å². The van der Waals surface area contributed by atoms with Gasteiger partial charge in [0.25, 0.3) is 0 Å². The number of nitrogens with zero attached hydrogens (tertiary/aromatic N) is 2. The monoisotopic (exact) mass is 874 g/mol. The number of rotatable bonds is 6. The molecule has 14 aromatic rings. The summed E-state index contributed by atoms with van der Waals surface area (Å²) in [4.78, 5) is 4.92. The van der Waals surface area contributed by atoms with Gasteiger partial charge in [0.15, 0.2) is 0 Å². The van der Waals surface area contributed by atoms with Crippen molar-refractivity contribution in [1.29, 1.82) is 0 Å². The predicted octanol–water partition coefficient (Wildman–Crippen LogP) is 19.1. The first kappa shape index (κ1) is 37.4. The van der Waals surface area contributed by atoms with Crippen molar-refractivity contribution < 1.29 is 0 Å². The van der Waals surface area contributed by atoms with E-state index in [4.69, 9.17) is 0 Å². The minimum absolute atomic E-state index is 1.15. The summed E-state index contributed by atoms with van der Waals surface area (Å²) in [7, 11) is 0. The Balaban J connectivity index is 0.940. The summed E-state index contributed by atoms with van der Waals surface area (Å²) < 4.78 is 5.17. The van der Waals surface area contributed by atoms with Crippen LogP contribution < -0.4 is 9.80 Å². The van der Waals surface area contributed by atoms with Crippen molar-refractivity contribution >= 4 is 151 Å². The third kappa shape index (κ3) is 5.72. The fourth-order valence-corrected chi connectivity index (χ4v) is 12.9. The Hall–Kier alpha value is -8.02. The van der Waals surface area contributed by atoms with Gasteiger partial charge in [-0.3, -0.25) is 0 Å². The molecule has 0 aliphatic carbocycles. The maximum absolute atomic E-state index is 2.46. The molecule has 0 aliphatic rings. The van der Waals surface area contributed by atoms with Crippen molar-refractivity contribution in [2.75, 3.05) is 9.80 Å². The molecule has 0 atom stereocenters. The topological polar surface area (TPSA) is 6.48 Å². The van der Waals surface area contributed by atoms with E-state index in [1.165, 1.54) is 117 Å². The summed E-state index contributed by atoms with van der Waals surface area (Å²) in [5.74, 6) is 0. The van der Waals surface area contributed by atoms with Crippen molar-refractivity contribution in [3.63, 3.8) is 0 Å². The fraction of sp³-hybridized carbons (Fsp3) is 0. The highest BCUT2D eigenvalue weighted by molar-refractivity contribution is 7.26. The van der Waals surface area contributed by atoms with E-state index in [9.17, 15) is 0 Å². The van der Waals surface area contributed by atoms with Crippen molar-refractivity contribution in [3.8, 4) is 0 Å². The molecule has 0 amide bonds. The lowest BCUT2D eigenvalue weighted by molar-refractivity contribution is 1.32. The Morgan fingerprint density at radius 3 is 0.879 bits per heavy atom. The highest BCUT2D eigenvalue weighted by Gasteiger charge is 2.22. The maximum Gasteiger partial charge on any atom is 0.0540 e. The molecule has 0 aliphatic heterocycles. The molecule has 0 radical (unpaired) electrons. The zero-order valence-electron chi connectivity index (χ0n) is 35.7. The second-order valence-electron chi connectivity index (χ2n) is 17.2. The molecule has 308 valence electrons. The van der Waals surface area contributed by atoms with Gasteiger partial charge < -0.3 is 9.80 Å². The molecule has 0 unspecified atom stereocenters. The molecule has 0 N–H and O–H groups in total. The molecular formula is C62H38N2S2. The lowest BCUT2D eigenvalue weighted by atomic mass is 9.99. The van der Waals surface area contributed by atoms with Gasteiger partial charge in [-0.05, 0) is 93.0 Å². The predicted molar refractivity (Wildman–Crippen MR) is 289 cm³/mol. The van der Waals surface area contributed by atoms with Crippen LogP contribution in [0.3, 0.4) is 0 Å². The van der Waals surface area contributed by atoms with E-state index in [1.807, 2.05) is 22.7 Å². The first-order valence-electron chi connectivity index (χ1n) is 22.5. The highest BCUT2D eigenvalue weighted by Crippen LogP contribution is 2.49. The quantitative estimate of drug-likeness (QED) is 0.164. The number of benzene rings is 12. The van der Waals surface area contributed by atoms with Gasteiger partial charge in [0.1, 0.15) is 0 Å². The van der Waals surface area contributed by atoms with Gasteiger partial charge in [-0.15, -0.1) is 22.7 Å². The first-order chi connectivity index (χ1) is 32.7. The average molecular weight is 875 g/mol. The largest absolute Gasteiger partial charge is 0.309 e. The number of thiophene rings is 2. The molecule has 0 bridgehead atoms. The van der Waals surface area contributed by atoms with Crippen molar-refractivity contribution in [2.45, 2.75) is 0 Å². The van der Waals surface area contributed by atoms with Crippen LogP contribution in [0.25, 0.3) is 94.2 Å². The van der Waals surface area contributed by atoms with Crippen LogP contribution in [-0.2, 0) is 0 Å². The van der Waals surface area contributed by atoms with Crippen molar-refractivity contribution in [1.82, 2.24) is 0 Å². The molecule has 4 heteroatoms. The van der Waals surface area contributed by atoms with Gasteiger partial charge in [0, 0.05) is 73.3 Å². The van der Waals surface area contributed by atoms with Gasteiger partial charge in [-0.25, -0.2) is 0 Å². The van der Waals surface area contributed by atoms with Crippen LogP contribution in [-0.4, -0.2) is 0 Å². The SMILES string of the molecule is c1ccc2c(N(c3ccc4c(c3)sc3ccc5c(ccc6sc7cc(N(c8cccc9ccccc89)c8cccc9ccccc89)ccc7c65)c34)c3cccc4ccccc34)cccc2c1. The minimum atomic E-state index is 1.15. The Labute approximate surface area is 389 Å². The van der Waals surface area contributed by atoms with E-state index in [-0.39, 0.29) is 0 Å². The van der Waals surface area contributed by atoms with Gasteiger partial charge in [0.05, 0.1) is 22.7 Å². The van der Waals surface area contributed by atoms with E-state index < -0.39 is 0 Å². The fourth-order valence-electron chi connectivity index (χ4n) is 10.6. The number of fused-ring (bicyclic) bond motifs is 13. The summed E-state index contributed by atoms with van der Waals surface area (Å²) in [5, 5.41) is 17.7. The van der Waals surface area contributed by atoms with E-state index >= 15 is 0 Å². The van der Waals surface area contributed by atoms with Crippen LogP contribution in [0.5, 0.6) is 0 Å². The highest BCUT2D eigenvalue weighted by atomic mass is 32.1. The lowest BCUT2D eigenvalue weighted by Crippen LogP contribution is -2.11. The standard InChI is InChI=1S/C62H38N2S2/c1-5-21-45-39(13-1)17-9-25-53(45)63(54-26-10-18-40-14-2-6-22-46(40)54)43-29-31-51-59(37-43)65-57-35-33-50-49(61(51)57)34-36-58-62(50)52-32-30-44(38-60(52)66-58)64(55-27-11-19-41-15-3-7-23-47(41)55)56-28-12-20-42-16-4-8-24-48(42)56/h1-38H. The molecular weight excluding hydrogens is 837 g/mol. The zero-order valence-corrected chi connectivity index (χ0v) is 37.3. The molecule has 0 fully saturated rings. The normalized spacial score (nSPS) is 11.9. The second kappa shape index (κ2) is 14.8. The summed E-state index contributed by atoms with van der Waals surface area (Å²) in [6.45, 7) is 0. The van der Waals surface area contributed by atoms with Gasteiger partial charge in [-0.1, -0.05) is 170 Å². The number of hydrogen-bond donors (Lipinski definition) is 0. The number of anilines is 6. The van der Waals surface area contributed by atoms with Crippen molar-refractivity contribution in [3.05, 3.63) is 231 Å². The van der Waals surface area contributed by atoms with E-state index in [1.54, 1.807) is 0 Å². The van der Waals surface area contributed by atoms with E-state index in [2.05, 4.69) is 240 Å². The van der Waals surface area contributed by atoms with Gasteiger partial charge in [0.2, 0.25) is 0 Å². The molecule has 66 heavy (non-hydrogen) atoms. The van der Waals surface area contributed by atoms with Gasteiger partial charge in [-0.2, -0.15) is 0 Å². The molecule has 2 heterocycles. The van der Waals surface area contributed by atoms with Gasteiger partial charge >= 0.3 is 0 Å². The van der Waals surface area contributed by atoms with Crippen molar-refractivity contribution in [2.24, 2.45) is 0 Å². The zero-order chi connectivity index (χ0) is 43.3. The van der Waals surface area contributed by atoms with Crippen LogP contribution in [0.1, 0.15) is 0 Å². The maximum atomic E-state index is 2.46. The minimum Gasteiger partial charge on any atom is -0.309 e. The van der Waals surface area contributed by atoms with Crippen LogP contribution in [0, 0.1) is 0 Å². The Morgan fingerprint density at radius 1 is 0.227 bits per heavy atom. The lowest BCUT2D eigenvalue weighted by Gasteiger charge is -2.28. The van der Waals surface area contributed by atoms with Crippen LogP contribution in [0.4, 0.5) is 34.1 Å². The van der Waals surface area contributed by atoms with Crippen LogP contribution >= 0.6 is 22.7 Å². The Kier molecular flexibility index (Phi) is 8.36. The van der Waals surface area contributed by atoms with E-state index in [0.29, 0.717) is 0 Å². The molecule has 14 rings (SSSR count). The summed E-state index contributed by atoms with van der Waals surface area (Å²) in [5.41, 5.74) is 6.97. The first-order valence-corrected chi connectivity index (χ1v) is 24.1.